The van der Waals surface area contributed by atoms with E-state index in [1.807, 2.05) is 17.4 Å². The van der Waals surface area contributed by atoms with E-state index in [1.54, 1.807) is 11.1 Å². The zero-order chi connectivity index (χ0) is 42.1. The van der Waals surface area contributed by atoms with Gasteiger partial charge in [-0.1, -0.05) is 98.8 Å². The van der Waals surface area contributed by atoms with Gasteiger partial charge in [0.2, 0.25) is 0 Å². The number of thiophene rings is 1. The van der Waals surface area contributed by atoms with Crippen LogP contribution in [0.5, 0.6) is 0 Å². The first-order valence-corrected chi connectivity index (χ1v) is 24.4. The largest absolute Gasteiger partial charge is 0.311 e. The average molecular weight is 837 g/mol. The lowest BCUT2D eigenvalue weighted by Crippen LogP contribution is -2.55. The minimum absolute atomic E-state index is 0.244. The summed E-state index contributed by atoms with van der Waals surface area (Å²) >= 11 is 1.88. The lowest BCUT2D eigenvalue weighted by molar-refractivity contribution is -0.0281. The van der Waals surface area contributed by atoms with Crippen molar-refractivity contribution in [2.24, 2.45) is 11.8 Å². The number of anilines is 6. The molecule has 1 aromatic heterocycles. The van der Waals surface area contributed by atoms with Crippen molar-refractivity contribution >= 4 is 71.7 Å². The van der Waals surface area contributed by atoms with Crippen molar-refractivity contribution < 1.29 is 0 Å². The van der Waals surface area contributed by atoms with Gasteiger partial charge in [-0.05, 0) is 205 Å². The van der Waals surface area contributed by atoms with E-state index < -0.39 is 0 Å². The number of rotatable bonds is 12. The number of nitrogens with zero attached hydrogens (tertiary/aromatic N) is 2. The van der Waals surface area contributed by atoms with Crippen LogP contribution in [0.3, 0.4) is 0 Å². The highest BCUT2D eigenvalue weighted by Crippen LogP contribution is 2.66. The maximum Gasteiger partial charge on any atom is 0.0468 e. The minimum atomic E-state index is 0.244. The first-order valence-electron chi connectivity index (χ1n) is 23.6. The lowest BCUT2D eigenvalue weighted by Gasteiger charge is -2.63. The molecule has 0 spiro atoms. The summed E-state index contributed by atoms with van der Waals surface area (Å²) in [5, 5.41) is 2.65. The molecule has 2 unspecified atom stereocenters. The summed E-state index contributed by atoms with van der Waals surface area (Å²) in [6.07, 6.45) is 15.9. The quantitative estimate of drug-likeness (QED) is 0.121. The lowest BCUT2D eigenvalue weighted by atomic mass is 9.42. The SMILES string of the molecule is C=Cc1ccc(C23CC4CC(C2)CC(c2ccc(N(c5ccc(CCCC)cc5)c5ccc(N(c6ccc7c(c6)CC7)c6ccc7sc8ccccc8c7c6)cc5)cc2)(C4)C3)cc1. The Morgan fingerprint density at radius 2 is 1.08 bits per heavy atom. The summed E-state index contributed by atoms with van der Waals surface area (Å²) < 4.78 is 2.67. The second-order valence-corrected chi connectivity index (χ2v) is 20.7. The Hall–Kier alpha value is -5.90. The van der Waals surface area contributed by atoms with E-state index in [0.717, 1.165) is 30.4 Å². The molecule has 4 bridgehead atoms. The van der Waals surface area contributed by atoms with Crippen LogP contribution in [0.2, 0.25) is 0 Å². The van der Waals surface area contributed by atoms with Crippen molar-refractivity contribution in [2.75, 3.05) is 9.80 Å². The number of unbranched alkanes of at least 4 members (excludes halogenated alkanes) is 1. The molecule has 2 nitrogen and oxygen atoms in total. The number of fused-ring (bicyclic) bond motifs is 4. The fourth-order valence-electron chi connectivity index (χ4n) is 12.9. The van der Waals surface area contributed by atoms with E-state index in [2.05, 4.69) is 181 Å². The molecule has 1 heterocycles. The van der Waals surface area contributed by atoms with Gasteiger partial charge in [-0.3, -0.25) is 0 Å². The van der Waals surface area contributed by atoms with Gasteiger partial charge < -0.3 is 9.80 Å². The van der Waals surface area contributed by atoms with E-state index in [0.29, 0.717) is 0 Å². The molecule has 5 aliphatic carbocycles. The molecule has 0 amide bonds. The molecule has 4 fully saturated rings. The van der Waals surface area contributed by atoms with Crippen molar-refractivity contribution in [2.45, 2.75) is 88.4 Å². The van der Waals surface area contributed by atoms with Gasteiger partial charge in [0.05, 0.1) is 0 Å². The van der Waals surface area contributed by atoms with Crippen LogP contribution >= 0.6 is 11.3 Å². The van der Waals surface area contributed by atoms with Gasteiger partial charge in [-0.2, -0.15) is 0 Å². The van der Waals surface area contributed by atoms with Crippen LogP contribution in [0, 0.1) is 11.8 Å². The van der Waals surface area contributed by atoms with Crippen LogP contribution in [0.15, 0.2) is 164 Å². The molecular weight excluding hydrogens is 781 g/mol. The predicted octanol–water partition coefficient (Wildman–Crippen LogP) is 16.9. The van der Waals surface area contributed by atoms with Crippen LogP contribution in [0.4, 0.5) is 34.1 Å². The van der Waals surface area contributed by atoms with Crippen LogP contribution in [0.1, 0.15) is 91.7 Å². The third-order valence-corrected chi connectivity index (χ3v) is 16.8. The molecule has 7 aromatic carbocycles. The monoisotopic (exact) mass is 836 g/mol. The fraction of sp³-hybridized carbons (Fsp3) is 0.267. The van der Waals surface area contributed by atoms with Gasteiger partial charge in [-0.15, -0.1) is 11.3 Å². The Bertz CT molecular complexity index is 2960. The maximum absolute atomic E-state index is 4.03. The van der Waals surface area contributed by atoms with Gasteiger partial charge >= 0.3 is 0 Å². The molecular formula is C60H56N2S. The number of benzene rings is 7. The summed E-state index contributed by atoms with van der Waals surface area (Å²) in [7, 11) is 0. The Balaban J connectivity index is 0.911. The van der Waals surface area contributed by atoms with Crippen LogP contribution < -0.4 is 9.80 Å². The van der Waals surface area contributed by atoms with E-state index in [-0.39, 0.29) is 10.8 Å². The summed E-state index contributed by atoms with van der Waals surface area (Å²) in [5.74, 6) is 1.62. The topological polar surface area (TPSA) is 6.48 Å². The molecule has 3 heteroatoms. The van der Waals surface area contributed by atoms with Crippen molar-refractivity contribution in [3.8, 4) is 0 Å². The van der Waals surface area contributed by atoms with Crippen molar-refractivity contribution in [1.82, 2.24) is 0 Å². The van der Waals surface area contributed by atoms with Crippen molar-refractivity contribution in [1.29, 1.82) is 0 Å². The molecule has 63 heavy (non-hydrogen) atoms. The van der Waals surface area contributed by atoms with Gasteiger partial charge in [-0.25, -0.2) is 0 Å². The Labute approximate surface area is 377 Å². The molecule has 0 saturated heterocycles. The molecule has 13 rings (SSSR count). The zero-order valence-electron chi connectivity index (χ0n) is 36.5. The van der Waals surface area contributed by atoms with Gasteiger partial charge in [0.25, 0.3) is 0 Å². The van der Waals surface area contributed by atoms with E-state index in [4.69, 9.17) is 0 Å². The summed E-state index contributed by atoms with van der Waals surface area (Å²) in [4.78, 5) is 4.93. The molecule has 0 N–H and O–H groups in total. The molecule has 312 valence electrons. The van der Waals surface area contributed by atoms with Crippen molar-refractivity contribution in [3.63, 3.8) is 0 Å². The Kier molecular flexibility index (Phi) is 9.48. The average Bonchev–Trinajstić information content (AvgIpc) is 3.68. The predicted molar refractivity (Wildman–Crippen MR) is 269 cm³/mol. The van der Waals surface area contributed by atoms with Crippen LogP contribution in [-0.2, 0) is 30.1 Å². The van der Waals surface area contributed by atoms with E-state index in [9.17, 15) is 0 Å². The standard InChI is InChI=1S/C60H56N2S/c1-3-5-8-42-13-22-49(23-14-42)61(50-25-20-48(21-26-50)60-38-43-33-44(39-60)37-59(36-43,40-60)47-18-11-41(4-2)12-19-47)51-27-29-52(30-28-51)62(53-24-17-45-15-16-46(45)34-53)54-31-32-58-56(35-54)55-9-6-7-10-57(55)63-58/h4,6-7,9-14,17-32,34-35,43-44H,2-3,5,8,15-16,33,36-40H2,1H3. The second kappa shape index (κ2) is 15.4. The smallest absolute Gasteiger partial charge is 0.0468 e. The first-order chi connectivity index (χ1) is 31.0. The maximum atomic E-state index is 4.03. The van der Waals surface area contributed by atoms with Gasteiger partial charge in [0.1, 0.15) is 0 Å². The summed E-state index contributed by atoms with van der Waals surface area (Å²) in [6.45, 7) is 6.30. The number of hydrogen-bond donors (Lipinski definition) is 0. The van der Waals surface area contributed by atoms with Crippen molar-refractivity contribution in [3.05, 3.63) is 198 Å². The van der Waals surface area contributed by atoms with Crippen LogP contribution in [-0.4, -0.2) is 0 Å². The molecule has 4 saturated carbocycles. The molecule has 5 aliphatic rings. The number of aryl methyl sites for hydroxylation is 3. The zero-order valence-corrected chi connectivity index (χ0v) is 37.3. The normalized spacial score (nSPS) is 21.9. The molecule has 0 aliphatic heterocycles. The third kappa shape index (κ3) is 6.74. The van der Waals surface area contributed by atoms with Crippen LogP contribution in [0.25, 0.3) is 26.2 Å². The number of hydrogen-bond acceptors (Lipinski definition) is 3. The van der Waals surface area contributed by atoms with E-state index in [1.165, 1.54) is 129 Å². The Morgan fingerprint density at radius 1 is 0.556 bits per heavy atom. The Morgan fingerprint density at radius 3 is 1.68 bits per heavy atom. The third-order valence-electron chi connectivity index (χ3n) is 15.7. The van der Waals surface area contributed by atoms with Gasteiger partial charge in [0.15, 0.2) is 0 Å². The molecule has 8 aromatic rings. The molecule has 0 radical (unpaired) electrons. The summed E-state index contributed by atoms with van der Waals surface area (Å²) in [6, 6.07) is 60.9. The minimum Gasteiger partial charge on any atom is -0.311 e. The highest BCUT2D eigenvalue weighted by Gasteiger charge is 2.58. The summed E-state index contributed by atoms with van der Waals surface area (Å²) in [5.41, 5.74) is 16.4. The highest BCUT2D eigenvalue weighted by atomic mass is 32.1. The van der Waals surface area contributed by atoms with Gasteiger partial charge in [0, 0.05) is 54.3 Å². The fourth-order valence-corrected chi connectivity index (χ4v) is 14.0. The molecule has 2 atom stereocenters. The first kappa shape index (κ1) is 38.7. The second-order valence-electron chi connectivity index (χ2n) is 19.6. The highest BCUT2D eigenvalue weighted by molar-refractivity contribution is 7.25. The van der Waals surface area contributed by atoms with E-state index >= 15 is 0 Å².